The molecule has 1 aliphatic carbocycles. The first-order valence-corrected chi connectivity index (χ1v) is 13.4. The fourth-order valence-corrected chi connectivity index (χ4v) is 5.11. The summed E-state index contributed by atoms with van der Waals surface area (Å²) >= 11 is 0. The van der Waals surface area contributed by atoms with Gasteiger partial charge < -0.3 is 14.4 Å². The second-order valence-electron chi connectivity index (χ2n) is 8.83. The molecule has 2 aliphatic rings. The zero-order valence-electron chi connectivity index (χ0n) is 19.0. The zero-order valence-corrected chi connectivity index (χ0v) is 19.8. The summed E-state index contributed by atoms with van der Waals surface area (Å²) in [4.78, 5) is 23.1. The smallest absolute Gasteiger partial charge is 0.410 e. The molecular formula is C23H27N5O5S. The number of hydrogen-bond donors (Lipinski definition) is 0. The topological polar surface area (TPSA) is 117 Å². The molecular weight excluding hydrogens is 458 g/mol. The van der Waals surface area contributed by atoms with Crippen LogP contribution in [-0.2, 0) is 14.6 Å². The average molecular weight is 486 g/mol. The molecule has 5 rings (SSSR count). The van der Waals surface area contributed by atoms with Crippen molar-refractivity contribution < 1.29 is 22.7 Å². The van der Waals surface area contributed by atoms with Crippen molar-refractivity contribution in [3.8, 4) is 11.6 Å². The summed E-state index contributed by atoms with van der Waals surface area (Å²) in [6.07, 6.45) is 9.56. The minimum atomic E-state index is -3.28. The van der Waals surface area contributed by atoms with Gasteiger partial charge in [0.25, 0.3) is 0 Å². The molecule has 11 heteroatoms. The van der Waals surface area contributed by atoms with E-state index in [1.54, 1.807) is 40.0 Å². The molecule has 1 saturated heterocycles. The molecule has 2 fully saturated rings. The number of nitrogens with zero attached hydrogens (tertiary/aromatic N) is 5. The van der Waals surface area contributed by atoms with Gasteiger partial charge in [-0.2, -0.15) is 5.10 Å². The molecule has 34 heavy (non-hydrogen) atoms. The van der Waals surface area contributed by atoms with Gasteiger partial charge in [0.05, 0.1) is 16.8 Å². The van der Waals surface area contributed by atoms with Crippen LogP contribution in [0.2, 0.25) is 0 Å². The van der Waals surface area contributed by atoms with Crippen LogP contribution in [0.3, 0.4) is 0 Å². The molecule has 0 atom stereocenters. The number of benzene rings is 1. The van der Waals surface area contributed by atoms with Gasteiger partial charge in [-0.15, -0.1) is 0 Å². The van der Waals surface area contributed by atoms with Gasteiger partial charge in [-0.3, -0.25) is 0 Å². The van der Waals surface area contributed by atoms with Crippen LogP contribution in [-0.4, -0.2) is 70.7 Å². The molecule has 0 N–H and O–H groups in total. The molecule has 3 heterocycles. The van der Waals surface area contributed by atoms with E-state index in [2.05, 4.69) is 15.1 Å². The second-order valence-corrected chi connectivity index (χ2v) is 10.8. The van der Waals surface area contributed by atoms with Crippen LogP contribution < -0.4 is 4.74 Å². The normalized spacial score (nSPS) is 17.9. The monoisotopic (exact) mass is 485 g/mol. The van der Waals surface area contributed by atoms with Gasteiger partial charge in [0.2, 0.25) is 5.88 Å². The van der Waals surface area contributed by atoms with Crippen LogP contribution in [0.1, 0.15) is 38.5 Å². The Morgan fingerprint density at radius 3 is 2.38 bits per heavy atom. The van der Waals surface area contributed by atoms with E-state index in [4.69, 9.17) is 9.47 Å². The third-order valence-corrected chi connectivity index (χ3v) is 7.52. The van der Waals surface area contributed by atoms with Crippen LogP contribution in [0.25, 0.3) is 16.7 Å². The van der Waals surface area contributed by atoms with Gasteiger partial charge in [0.15, 0.2) is 15.5 Å². The largest absolute Gasteiger partial charge is 0.474 e. The highest BCUT2D eigenvalue weighted by atomic mass is 32.2. The maximum Gasteiger partial charge on any atom is 0.410 e. The third-order valence-electron chi connectivity index (χ3n) is 6.39. The van der Waals surface area contributed by atoms with Crippen molar-refractivity contribution in [1.29, 1.82) is 0 Å². The second kappa shape index (κ2) is 9.21. The first-order chi connectivity index (χ1) is 16.4. The Morgan fingerprint density at radius 1 is 1.00 bits per heavy atom. The van der Waals surface area contributed by atoms with Crippen LogP contribution in [0.4, 0.5) is 4.79 Å². The molecule has 180 valence electrons. The zero-order chi connectivity index (χ0) is 23.7. The van der Waals surface area contributed by atoms with Crippen molar-refractivity contribution >= 4 is 27.0 Å². The molecule has 2 aromatic heterocycles. The Morgan fingerprint density at radius 2 is 1.71 bits per heavy atom. The number of fused-ring (bicyclic) bond motifs is 1. The van der Waals surface area contributed by atoms with Crippen molar-refractivity contribution in [3.05, 3.63) is 36.8 Å². The van der Waals surface area contributed by atoms with Crippen molar-refractivity contribution in [3.63, 3.8) is 0 Å². The van der Waals surface area contributed by atoms with E-state index in [-0.39, 0.29) is 23.2 Å². The standard InChI is InChI=1S/C23H27N5O5S/c1-34(30,31)19-8-6-16(7-9-19)28-21-20(14-26-28)22(25-15-24-21)32-18-10-12-27(13-11-18)23(29)33-17-4-2-3-5-17/h6-9,14-15,17-18H,2-5,10-13H2,1H3. The van der Waals surface area contributed by atoms with Crippen LogP contribution in [0.15, 0.2) is 41.7 Å². The lowest BCUT2D eigenvalue weighted by Crippen LogP contribution is -2.43. The van der Waals surface area contributed by atoms with Gasteiger partial charge in [0.1, 0.15) is 23.9 Å². The molecule has 0 radical (unpaired) electrons. The van der Waals surface area contributed by atoms with Gasteiger partial charge in [-0.1, -0.05) is 0 Å². The Hall–Kier alpha value is -3.21. The number of ether oxygens (including phenoxy) is 2. The van der Waals surface area contributed by atoms with E-state index in [1.165, 1.54) is 12.6 Å². The molecule has 0 bridgehead atoms. The van der Waals surface area contributed by atoms with Gasteiger partial charge in [0, 0.05) is 32.2 Å². The SMILES string of the molecule is CS(=O)(=O)c1ccc(-n2ncc3c(OC4CCN(C(=O)OC5CCCC5)CC4)ncnc32)cc1. The molecule has 1 saturated carbocycles. The Balaban J connectivity index is 1.26. The quantitative estimate of drug-likeness (QED) is 0.541. The molecule has 1 aromatic carbocycles. The number of carbonyl (C=O) groups excluding carboxylic acids is 1. The summed E-state index contributed by atoms with van der Waals surface area (Å²) in [5.74, 6) is 0.441. The number of aromatic nitrogens is 4. The summed E-state index contributed by atoms with van der Waals surface area (Å²) < 4.78 is 36.9. The predicted octanol–water partition coefficient (Wildman–Crippen LogP) is 3.14. The van der Waals surface area contributed by atoms with Crippen LogP contribution in [0.5, 0.6) is 5.88 Å². The number of piperidine rings is 1. The number of rotatable bonds is 5. The summed E-state index contributed by atoms with van der Waals surface area (Å²) in [7, 11) is -3.28. The summed E-state index contributed by atoms with van der Waals surface area (Å²) in [5, 5.41) is 5.08. The first-order valence-electron chi connectivity index (χ1n) is 11.5. The van der Waals surface area contributed by atoms with Gasteiger partial charge in [-0.25, -0.2) is 27.9 Å². The Bertz CT molecular complexity index is 1280. The van der Waals surface area contributed by atoms with Crippen molar-refractivity contribution in [2.75, 3.05) is 19.3 Å². The highest BCUT2D eigenvalue weighted by molar-refractivity contribution is 7.90. The molecule has 3 aromatic rings. The van der Waals surface area contributed by atoms with Crippen LogP contribution >= 0.6 is 0 Å². The highest BCUT2D eigenvalue weighted by Crippen LogP contribution is 2.27. The Labute approximate surface area is 197 Å². The molecule has 1 aliphatic heterocycles. The van der Waals surface area contributed by atoms with Gasteiger partial charge in [-0.05, 0) is 49.9 Å². The number of likely N-dealkylation sites (tertiary alicyclic amines) is 1. The first kappa shape index (κ1) is 22.6. The maximum atomic E-state index is 12.4. The summed E-state index contributed by atoms with van der Waals surface area (Å²) in [6, 6.07) is 6.46. The number of carbonyl (C=O) groups is 1. The van der Waals surface area contributed by atoms with Crippen molar-refractivity contribution in [2.24, 2.45) is 0 Å². The van der Waals surface area contributed by atoms with E-state index in [1.807, 2.05) is 0 Å². The summed E-state index contributed by atoms with van der Waals surface area (Å²) in [5.41, 5.74) is 1.25. The fourth-order valence-electron chi connectivity index (χ4n) is 4.48. The minimum Gasteiger partial charge on any atom is -0.474 e. The van der Waals surface area contributed by atoms with E-state index in [0.29, 0.717) is 48.5 Å². The maximum absolute atomic E-state index is 12.4. The lowest BCUT2D eigenvalue weighted by Gasteiger charge is -2.32. The van der Waals surface area contributed by atoms with Crippen molar-refractivity contribution in [1.82, 2.24) is 24.6 Å². The highest BCUT2D eigenvalue weighted by Gasteiger charge is 2.28. The number of amides is 1. The minimum absolute atomic E-state index is 0.0647. The predicted molar refractivity (Wildman–Crippen MR) is 124 cm³/mol. The van der Waals surface area contributed by atoms with E-state index >= 15 is 0 Å². The summed E-state index contributed by atoms with van der Waals surface area (Å²) in [6.45, 7) is 1.16. The molecule has 0 unspecified atom stereocenters. The molecule has 10 nitrogen and oxygen atoms in total. The van der Waals surface area contributed by atoms with E-state index in [9.17, 15) is 13.2 Å². The Kier molecular flexibility index (Phi) is 6.11. The number of sulfone groups is 1. The van der Waals surface area contributed by atoms with Gasteiger partial charge >= 0.3 is 6.09 Å². The molecule has 0 spiro atoms. The number of hydrogen-bond acceptors (Lipinski definition) is 8. The lowest BCUT2D eigenvalue weighted by atomic mass is 10.1. The van der Waals surface area contributed by atoms with Crippen LogP contribution in [0, 0.1) is 0 Å². The molecule has 1 amide bonds. The van der Waals surface area contributed by atoms with E-state index < -0.39 is 9.84 Å². The van der Waals surface area contributed by atoms with E-state index in [0.717, 1.165) is 25.7 Å². The van der Waals surface area contributed by atoms with Crippen molar-refractivity contribution in [2.45, 2.75) is 55.6 Å². The fraction of sp³-hybridized carbons (Fsp3) is 0.478. The lowest BCUT2D eigenvalue weighted by molar-refractivity contribution is 0.0434. The third kappa shape index (κ3) is 4.70. The average Bonchev–Trinajstić information content (AvgIpc) is 3.49.